The highest BCUT2D eigenvalue weighted by Crippen LogP contribution is 2.41. The minimum atomic E-state index is 0.524. The van der Waals surface area contributed by atoms with Gasteiger partial charge in [0.15, 0.2) is 0 Å². The quantitative estimate of drug-likeness (QED) is 0.363. The van der Waals surface area contributed by atoms with E-state index in [1.807, 2.05) is 22.7 Å². The normalized spacial score (nSPS) is 12.9. The lowest BCUT2D eigenvalue weighted by Crippen LogP contribution is -2.27. The van der Waals surface area contributed by atoms with Crippen LogP contribution in [0.3, 0.4) is 0 Å². The van der Waals surface area contributed by atoms with Crippen molar-refractivity contribution in [2.45, 2.75) is 41.5 Å². The van der Waals surface area contributed by atoms with Gasteiger partial charge < -0.3 is 0 Å². The number of fused-ring (bicyclic) bond motifs is 2. The molecule has 0 aliphatic carbocycles. The van der Waals surface area contributed by atoms with Crippen molar-refractivity contribution in [3.8, 4) is 20.9 Å². The molecule has 0 unspecified atom stereocenters. The summed E-state index contributed by atoms with van der Waals surface area (Å²) < 4.78 is 0. The molecule has 3 heterocycles. The molecular formula is C25H24N2S2. The molecule has 2 nitrogen and oxygen atoms in total. The van der Waals surface area contributed by atoms with Gasteiger partial charge >= 0.3 is 0 Å². The maximum absolute atomic E-state index is 4.90. The van der Waals surface area contributed by atoms with Gasteiger partial charge in [-0.2, -0.15) is 0 Å². The molecule has 5 rings (SSSR count). The van der Waals surface area contributed by atoms with E-state index in [0.29, 0.717) is 6.67 Å². The van der Waals surface area contributed by atoms with Crippen molar-refractivity contribution in [2.75, 3.05) is 6.67 Å². The molecule has 0 bridgehead atoms. The van der Waals surface area contributed by atoms with E-state index >= 15 is 0 Å². The molecule has 0 saturated carbocycles. The summed E-state index contributed by atoms with van der Waals surface area (Å²) in [5.41, 5.74) is 8.05. The molecule has 2 aromatic heterocycles. The van der Waals surface area contributed by atoms with E-state index < -0.39 is 0 Å². The fraction of sp³-hybridized carbons (Fsp3) is 0.280. The van der Waals surface area contributed by atoms with Crippen molar-refractivity contribution in [3.05, 3.63) is 67.0 Å². The summed E-state index contributed by atoms with van der Waals surface area (Å²) in [6.45, 7) is 13.9. The van der Waals surface area contributed by atoms with Gasteiger partial charge in [-0.3, -0.25) is 9.98 Å². The van der Waals surface area contributed by atoms with Gasteiger partial charge in [0.2, 0.25) is 0 Å². The van der Waals surface area contributed by atoms with Crippen molar-refractivity contribution in [3.63, 3.8) is 0 Å². The fourth-order valence-electron chi connectivity index (χ4n) is 4.31. The molecule has 0 saturated heterocycles. The van der Waals surface area contributed by atoms with E-state index in [1.165, 1.54) is 63.7 Å². The third kappa shape index (κ3) is 2.59. The second-order valence-corrected chi connectivity index (χ2v) is 10.4. The van der Waals surface area contributed by atoms with Crippen LogP contribution < -0.4 is 10.7 Å². The lowest BCUT2D eigenvalue weighted by Gasteiger charge is -2.12. The standard InChI is InChI=1S/C25H24N2S2/c1-12-14(3)24(28-16(12)5)20-18-9-7-8-10-19(18)21(23-22(20)26-11-27-23)25-15(4)13(2)17(6)29-25/h7-10H,11H2,1-6H3. The Bertz CT molecular complexity index is 1330. The Balaban J connectivity index is 2.00. The molecule has 0 spiro atoms. The summed E-state index contributed by atoms with van der Waals surface area (Å²) in [4.78, 5) is 15.2. The highest BCUT2D eigenvalue weighted by atomic mass is 32.1. The molecule has 1 aliphatic heterocycles. The van der Waals surface area contributed by atoms with Crippen LogP contribution in [0.1, 0.15) is 32.0 Å². The van der Waals surface area contributed by atoms with Crippen LogP contribution in [0.25, 0.3) is 31.7 Å². The van der Waals surface area contributed by atoms with Crippen molar-refractivity contribution in [1.82, 2.24) is 0 Å². The number of aryl methyl sites for hydroxylation is 2. The van der Waals surface area contributed by atoms with Gasteiger partial charge in [0, 0.05) is 30.6 Å². The number of rotatable bonds is 2. The topological polar surface area (TPSA) is 24.7 Å². The maximum atomic E-state index is 4.90. The SMILES string of the molecule is Cc1sc(-c2c3c(c(-c4sc(C)c(C)c4C)c4ccccc24)=NCN=3)c(C)c1C. The Morgan fingerprint density at radius 1 is 0.621 bits per heavy atom. The van der Waals surface area contributed by atoms with E-state index in [2.05, 4.69) is 65.8 Å². The summed E-state index contributed by atoms with van der Waals surface area (Å²) in [5, 5.41) is 4.72. The summed E-state index contributed by atoms with van der Waals surface area (Å²) in [6.07, 6.45) is 0. The molecule has 4 heteroatoms. The number of nitrogens with zero attached hydrogens (tertiary/aromatic N) is 2. The lowest BCUT2D eigenvalue weighted by molar-refractivity contribution is 1.06. The van der Waals surface area contributed by atoms with Gasteiger partial charge in [-0.1, -0.05) is 24.3 Å². The van der Waals surface area contributed by atoms with Gasteiger partial charge in [-0.05, 0) is 74.6 Å². The molecule has 0 N–H and O–H groups in total. The molecular weight excluding hydrogens is 392 g/mol. The average molecular weight is 417 g/mol. The second kappa shape index (κ2) is 6.61. The van der Waals surface area contributed by atoms with Crippen LogP contribution in [-0.2, 0) is 0 Å². The van der Waals surface area contributed by atoms with Crippen molar-refractivity contribution in [2.24, 2.45) is 9.98 Å². The zero-order chi connectivity index (χ0) is 20.4. The molecule has 0 atom stereocenters. The first-order valence-corrected chi connectivity index (χ1v) is 11.6. The zero-order valence-corrected chi connectivity index (χ0v) is 19.4. The number of hydrogen-bond donors (Lipinski definition) is 0. The largest absolute Gasteiger partial charge is 0.259 e. The molecule has 29 heavy (non-hydrogen) atoms. The van der Waals surface area contributed by atoms with Gasteiger partial charge in [-0.25, -0.2) is 0 Å². The number of hydrogen-bond acceptors (Lipinski definition) is 4. The predicted octanol–water partition coefficient (Wildman–Crippen LogP) is 6.36. The highest BCUT2D eigenvalue weighted by molar-refractivity contribution is 7.16. The van der Waals surface area contributed by atoms with Crippen LogP contribution in [0.2, 0.25) is 0 Å². The Labute approximate surface area is 179 Å². The molecule has 4 aromatic rings. The molecule has 1 aliphatic rings. The van der Waals surface area contributed by atoms with Crippen LogP contribution in [0.4, 0.5) is 0 Å². The van der Waals surface area contributed by atoms with E-state index in [0.717, 1.165) is 10.7 Å². The Morgan fingerprint density at radius 3 is 1.38 bits per heavy atom. The third-order valence-corrected chi connectivity index (χ3v) is 9.10. The lowest BCUT2D eigenvalue weighted by atomic mass is 9.93. The van der Waals surface area contributed by atoms with E-state index in [4.69, 9.17) is 9.98 Å². The van der Waals surface area contributed by atoms with Crippen LogP contribution in [-0.4, -0.2) is 6.67 Å². The molecule has 2 aromatic carbocycles. The first-order valence-electron chi connectivity index (χ1n) is 9.97. The molecule has 146 valence electrons. The van der Waals surface area contributed by atoms with Crippen molar-refractivity contribution >= 4 is 33.4 Å². The van der Waals surface area contributed by atoms with Gasteiger partial charge in [-0.15, -0.1) is 22.7 Å². The minimum Gasteiger partial charge on any atom is -0.259 e. The van der Waals surface area contributed by atoms with Crippen molar-refractivity contribution < 1.29 is 0 Å². The van der Waals surface area contributed by atoms with Crippen LogP contribution in [0.15, 0.2) is 34.3 Å². The van der Waals surface area contributed by atoms with E-state index in [9.17, 15) is 0 Å². The zero-order valence-electron chi connectivity index (χ0n) is 17.7. The summed E-state index contributed by atoms with van der Waals surface area (Å²) in [7, 11) is 0. The Morgan fingerprint density at radius 2 is 1.03 bits per heavy atom. The predicted molar refractivity (Wildman–Crippen MR) is 126 cm³/mol. The second-order valence-electron chi connectivity index (χ2n) is 7.93. The van der Waals surface area contributed by atoms with E-state index in [1.54, 1.807) is 0 Å². The smallest absolute Gasteiger partial charge is 0.130 e. The van der Waals surface area contributed by atoms with Crippen molar-refractivity contribution in [1.29, 1.82) is 0 Å². The molecule has 0 amide bonds. The van der Waals surface area contributed by atoms with Crippen LogP contribution in [0, 0.1) is 41.5 Å². The Kier molecular flexibility index (Phi) is 4.27. The highest BCUT2D eigenvalue weighted by Gasteiger charge is 2.23. The van der Waals surface area contributed by atoms with Gasteiger partial charge in [0.25, 0.3) is 0 Å². The first-order chi connectivity index (χ1) is 13.9. The fourth-order valence-corrected chi connectivity index (χ4v) is 6.77. The average Bonchev–Trinajstić information content (AvgIpc) is 3.36. The van der Waals surface area contributed by atoms with Crippen LogP contribution >= 0.6 is 22.7 Å². The van der Waals surface area contributed by atoms with Crippen LogP contribution in [0.5, 0.6) is 0 Å². The maximum Gasteiger partial charge on any atom is 0.130 e. The third-order valence-electron chi connectivity index (χ3n) is 6.45. The van der Waals surface area contributed by atoms with Gasteiger partial charge in [0.05, 0.1) is 10.7 Å². The monoisotopic (exact) mass is 416 g/mol. The number of benzene rings is 2. The molecule has 0 radical (unpaired) electrons. The Hall–Kier alpha value is -2.30. The minimum absolute atomic E-state index is 0.524. The van der Waals surface area contributed by atoms with E-state index in [-0.39, 0.29) is 0 Å². The van der Waals surface area contributed by atoms with Gasteiger partial charge in [0.1, 0.15) is 6.67 Å². The molecule has 0 fully saturated rings. The summed E-state index contributed by atoms with van der Waals surface area (Å²) in [5.74, 6) is 0. The number of thiophene rings is 2. The first kappa shape index (κ1) is 18.7. The summed E-state index contributed by atoms with van der Waals surface area (Å²) in [6, 6.07) is 8.81. The summed E-state index contributed by atoms with van der Waals surface area (Å²) >= 11 is 3.77.